The van der Waals surface area contributed by atoms with Crippen molar-refractivity contribution >= 4 is 23.2 Å². The predicted molar refractivity (Wildman–Crippen MR) is 79.5 cm³/mol. The minimum absolute atomic E-state index is 0.0889. The summed E-state index contributed by atoms with van der Waals surface area (Å²) in [4.78, 5) is 24.9. The molecule has 21 heavy (non-hydrogen) atoms. The molecule has 0 spiro atoms. The van der Waals surface area contributed by atoms with Gasteiger partial charge in [0.15, 0.2) is 0 Å². The molecule has 1 saturated heterocycles. The molecule has 0 N–H and O–H groups in total. The van der Waals surface area contributed by atoms with Crippen molar-refractivity contribution in [1.82, 2.24) is 4.90 Å². The number of benzene rings is 1. The van der Waals surface area contributed by atoms with E-state index in [2.05, 4.69) is 0 Å². The molecule has 1 saturated carbocycles. The first-order chi connectivity index (χ1) is 10.1. The lowest BCUT2D eigenvalue weighted by atomic mass is 9.91. The molecule has 5 nitrogen and oxygen atoms in total. The smallest absolute Gasteiger partial charge is 0.270 e. The zero-order valence-electron chi connectivity index (χ0n) is 11.6. The molecular weight excluding hydrogens is 292 g/mol. The second-order valence-corrected chi connectivity index (χ2v) is 6.23. The molecule has 3 rings (SSSR count). The van der Waals surface area contributed by atoms with Crippen LogP contribution in [0.4, 0.5) is 5.69 Å². The summed E-state index contributed by atoms with van der Waals surface area (Å²) in [6.07, 6.45) is 5.65. The lowest BCUT2D eigenvalue weighted by Crippen LogP contribution is -2.46. The fourth-order valence-electron chi connectivity index (χ4n) is 3.65. The Morgan fingerprint density at radius 2 is 2.05 bits per heavy atom. The number of piperidine rings is 1. The van der Waals surface area contributed by atoms with Crippen LogP contribution in [0.25, 0.3) is 0 Å². The summed E-state index contributed by atoms with van der Waals surface area (Å²) >= 11 is 6.08. The lowest BCUT2D eigenvalue weighted by Gasteiger charge is -2.38. The Morgan fingerprint density at radius 3 is 2.76 bits per heavy atom. The monoisotopic (exact) mass is 308 g/mol. The first kappa shape index (κ1) is 14.3. The van der Waals surface area contributed by atoms with Crippen LogP contribution in [0.2, 0.25) is 5.02 Å². The Hall–Kier alpha value is -1.62. The summed E-state index contributed by atoms with van der Waals surface area (Å²) in [6.45, 7) is 0.757. The van der Waals surface area contributed by atoms with Crippen LogP contribution in [-0.4, -0.2) is 28.3 Å². The number of fused-ring (bicyclic) bond motifs is 1. The van der Waals surface area contributed by atoms with Gasteiger partial charge in [-0.1, -0.05) is 18.0 Å². The van der Waals surface area contributed by atoms with Crippen molar-refractivity contribution in [3.05, 3.63) is 38.9 Å². The third-order valence-electron chi connectivity index (χ3n) is 4.65. The van der Waals surface area contributed by atoms with Gasteiger partial charge in [0.05, 0.1) is 15.5 Å². The zero-order valence-corrected chi connectivity index (χ0v) is 12.4. The minimum atomic E-state index is -0.506. The highest BCUT2D eigenvalue weighted by atomic mass is 35.5. The van der Waals surface area contributed by atoms with E-state index in [1.54, 1.807) is 0 Å². The van der Waals surface area contributed by atoms with Crippen LogP contribution in [0.3, 0.4) is 0 Å². The highest BCUT2D eigenvalue weighted by Gasteiger charge is 2.38. The molecule has 2 atom stereocenters. The zero-order chi connectivity index (χ0) is 15.0. The van der Waals surface area contributed by atoms with Gasteiger partial charge >= 0.3 is 0 Å². The van der Waals surface area contributed by atoms with Crippen molar-refractivity contribution in [2.45, 2.75) is 38.1 Å². The van der Waals surface area contributed by atoms with Gasteiger partial charge in [-0.2, -0.15) is 0 Å². The number of hydrogen-bond donors (Lipinski definition) is 0. The fourth-order valence-corrected chi connectivity index (χ4v) is 3.91. The summed E-state index contributed by atoms with van der Waals surface area (Å²) in [7, 11) is 0. The van der Waals surface area contributed by atoms with E-state index in [0.29, 0.717) is 17.5 Å². The predicted octanol–water partition coefficient (Wildman–Crippen LogP) is 3.65. The van der Waals surface area contributed by atoms with Crippen molar-refractivity contribution in [1.29, 1.82) is 0 Å². The van der Waals surface area contributed by atoms with Crippen molar-refractivity contribution in [3.8, 4) is 0 Å². The molecule has 2 unspecified atom stereocenters. The number of non-ortho nitro benzene ring substituents is 1. The SMILES string of the molecule is O=C(c1ccc([N+](=O)[O-])cc1Cl)N1CCCC2CCCC21. The van der Waals surface area contributed by atoms with Gasteiger partial charge < -0.3 is 4.90 Å². The van der Waals surface area contributed by atoms with Gasteiger partial charge in [0.25, 0.3) is 11.6 Å². The first-order valence-electron chi connectivity index (χ1n) is 7.33. The summed E-state index contributed by atoms with van der Waals surface area (Å²) in [5.41, 5.74) is 0.281. The molecule has 1 amide bonds. The van der Waals surface area contributed by atoms with Crippen molar-refractivity contribution in [2.24, 2.45) is 5.92 Å². The van der Waals surface area contributed by atoms with Crippen molar-refractivity contribution in [2.75, 3.05) is 6.54 Å². The number of halogens is 1. The number of nitro groups is 1. The second-order valence-electron chi connectivity index (χ2n) is 5.82. The second kappa shape index (κ2) is 5.64. The van der Waals surface area contributed by atoms with Crippen LogP contribution in [0.1, 0.15) is 42.5 Å². The molecular formula is C15H17ClN2O3. The summed E-state index contributed by atoms with van der Waals surface area (Å²) in [6, 6.07) is 4.39. The molecule has 1 aliphatic carbocycles. The lowest BCUT2D eigenvalue weighted by molar-refractivity contribution is -0.384. The van der Waals surface area contributed by atoms with Gasteiger partial charge in [-0.15, -0.1) is 0 Å². The maximum absolute atomic E-state index is 12.7. The van der Waals surface area contributed by atoms with Gasteiger partial charge in [-0.05, 0) is 37.7 Å². The number of hydrogen-bond acceptors (Lipinski definition) is 3. The standard InChI is InChI=1S/C15H17ClN2O3/c16-13-9-11(18(20)21)6-7-12(13)15(19)17-8-2-4-10-3-1-5-14(10)17/h6-7,9-10,14H,1-5,8H2. The van der Waals surface area contributed by atoms with E-state index in [4.69, 9.17) is 11.6 Å². The van der Waals surface area contributed by atoms with Gasteiger partial charge in [-0.3, -0.25) is 14.9 Å². The molecule has 112 valence electrons. The normalized spacial score (nSPS) is 24.7. The Kier molecular flexibility index (Phi) is 3.85. The Bertz CT molecular complexity index is 590. The average Bonchev–Trinajstić information content (AvgIpc) is 2.94. The van der Waals surface area contributed by atoms with Gasteiger partial charge in [0.2, 0.25) is 0 Å². The highest BCUT2D eigenvalue weighted by Crippen LogP contribution is 2.38. The molecule has 1 aromatic rings. The third-order valence-corrected chi connectivity index (χ3v) is 4.96. The number of carbonyl (C=O) groups is 1. The van der Waals surface area contributed by atoms with E-state index in [-0.39, 0.29) is 16.6 Å². The third kappa shape index (κ3) is 2.62. The minimum Gasteiger partial charge on any atom is -0.335 e. The van der Waals surface area contributed by atoms with Crippen LogP contribution < -0.4 is 0 Å². The molecule has 2 aliphatic rings. The van der Waals surface area contributed by atoms with E-state index in [1.165, 1.54) is 37.5 Å². The Morgan fingerprint density at radius 1 is 1.29 bits per heavy atom. The van der Waals surface area contributed by atoms with E-state index < -0.39 is 4.92 Å². The van der Waals surface area contributed by atoms with E-state index >= 15 is 0 Å². The Labute approximate surface area is 128 Å². The molecule has 6 heteroatoms. The average molecular weight is 309 g/mol. The van der Waals surface area contributed by atoms with E-state index in [9.17, 15) is 14.9 Å². The first-order valence-corrected chi connectivity index (χ1v) is 7.70. The van der Waals surface area contributed by atoms with Crippen molar-refractivity contribution < 1.29 is 9.72 Å². The van der Waals surface area contributed by atoms with E-state index in [1.807, 2.05) is 4.90 Å². The van der Waals surface area contributed by atoms with Gasteiger partial charge in [0, 0.05) is 24.7 Å². The maximum atomic E-state index is 12.7. The number of rotatable bonds is 2. The van der Waals surface area contributed by atoms with Crippen LogP contribution in [-0.2, 0) is 0 Å². The van der Waals surface area contributed by atoms with Crippen LogP contribution in [0.15, 0.2) is 18.2 Å². The molecule has 0 radical (unpaired) electrons. The maximum Gasteiger partial charge on any atom is 0.270 e. The largest absolute Gasteiger partial charge is 0.335 e. The summed E-state index contributed by atoms with van der Waals surface area (Å²) in [5, 5.41) is 10.9. The highest BCUT2D eigenvalue weighted by molar-refractivity contribution is 6.34. The molecule has 1 aromatic carbocycles. The number of nitrogens with zero attached hydrogens (tertiary/aromatic N) is 2. The molecule has 0 bridgehead atoms. The number of nitro benzene ring substituents is 1. The van der Waals surface area contributed by atoms with Crippen LogP contribution in [0.5, 0.6) is 0 Å². The number of carbonyl (C=O) groups excluding carboxylic acids is 1. The van der Waals surface area contributed by atoms with E-state index in [0.717, 1.165) is 19.4 Å². The van der Waals surface area contributed by atoms with Crippen LogP contribution >= 0.6 is 11.6 Å². The Balaban J connectivity index is 1.86. The quantitative estimate of drug-likeness (QED) is 0.619. The summed E-state index contributed by atoms with van der Waals surface area (Å²) < 4.78 is 0. The van der Waals surface area contributed by atoms with Gasteiger partial charge in [0.1, 0.15) is 0 Å². The van der Waals surface area contributed by atoms with Crippen molar-refractivity contribution in [3.63, 3.8) is 0 Å². The number of amides is 1. The molecule has 0 aromatic heterocycles. The topological polar surface area (TPSA) is 63.4 Å². The molecule has 1 heterocycles. The molecule has 1 aliphatic heterocycles. The number of likely N-dealkylation sites (tertiary alicyclic amines) is 1. The molecule has 2 fully saturated rings. The van der Waals surface area contributed by atoms with Gasteiger partial charge in [-0.25, -0.2) is 0 Å². The fraction of sp³-hybridized carbons (Fsp3) is 0.533. The summed E-state index contributed by atoms with van der Waals surface area (Å²) in [5.74, 6) is 0.519. The van der Waals surface area contributed by atoms with Crippen LogP contribution in [0, 0.1) is 16.0 Å².